The van der Waals surface area contributed by atoms with Crippen molar-refractivity contribution in [1.29, 1.82) is 0 Å². The van der Waals surface area contributed by atoms with Gasteiger partial charge in [-0.2, -0.15) is 0 Å². The van der Waals surface area contributed by atoms with E-state index in [-0.39, 0.29) is 0 Å². The number of hydrogen-bond acceptors (Lipinski definition) is 1. The number of nitrogens with zero attached hydrogens (tertiary/aromatic N) is 1. The maximum Gasteiger partial charge on any atom is 0.173 e. The molecule has 0 fully saturated rings. The first-order chi connectivity index (χ1) is 10.9. The zero-order chi connectivity index (χ0) is 17.0. The van der Waals surface area contributed by atoms with Crippen LogP contribution in [0.15, 0.2) is 42.5 Å². The number of thiocarbonyl (C=S) groups is 1. The second kappa shape index (κ2) is 7.60. The van der Waals surface area contributed by atoms with E-state index < -0.39 is 0 Å². The van der Waals surface area contributed by atoms with Gasteiger partial charge < -0.3 is 10.2 Å². The summed E-state index contributed by atoms with van der Waals surface area (Å²) in [6.45, 7) is 9.42. The Morgan fingerprint density at radius 1 is 1.09 bits per heavy atom. The van der Waals surface area contributed by atoms with Crippen molar-refractivity contribution >= 4 is 23.0 Å². The highest BCUT2D eigenvalue weighted by molar-refractivity contribution is 7.80. The minimum absolute atomic E-state index is 0.564. The molecule has 2 aromatic rings. The Hall–Kier alpha value is -1.87. The van der Waals surface area contributed by atoms with Crippen LogP contribution in [-0.2, 0) is 6.54 Å². The van der Waals surface area contributed by atoms with Crippen LogP contribution in [0, 0.1) is 13.8 Å². The Morgan fingerprint density at radius 3 is 2.30 bits per heavy atom. The fraction of sp³-hybridized carbons (Fsp3) is 0.350. The summed E-state index contributed by atoms with van der Waals surface area (Å²) in [4.78, 5) is 2.07. The number of aryl methyl sites for hydroxylation is 2. The Kier molecular flexibility index (Phi) is 5.78. The molecule has 0 unspecified atom stereocenters. The molecule has 1 N–H and O–H groups in total. The van der Waals surface area contributed by atoms with Crippen molar-refractivity contribution in [3.8, 4) is 0 Å². The number of nitrogens with one attached hydrogen (secondary N) is 1. The lowest BCUT2D eigenvalue weighted by atomic mass is 10.0. The molecule has 0 aliphatic rings. The Bertz CT molecular complexity index is 675. The lowest BCUT2D eigenvalue weighted by Crippen LogP contribution is -2.30. The summed E-state index contributed by atoms with van der Waals surface area (Å²) < 4.78 is 0. The summed E-state index contributed by atoms with van der Waals surface area (Å²) in [7, 11) is 2.02. The molecule has 2 nitrogen and oxygen atoms in total. The molecule has 23 heavy (non-hydrogen) atoms. The third-order valence-corrected chi connectivity index (χ3v) is 4.45. The average Bonchev–Trinajstić information content (AvgIpc) is 2.50. The van der Waals surface area contributed by atoms with Crippen molar-refractivity contribution in [1.82, 2.24) is 4.90 Å². The molecule has 2 aromatic carbocycles. The van der Waals surface area contributed by atoms with Crippen LogP contribution in [0.3, 0.4) is 0 Å². The summed E-state index contributed by atoms with van der Waals surface area (Å²) in [5.41, 5.74) is 6.18. The predicted molar refractivity (Wildman–Crippen MR) is 104 cm³/mol. The quantitative estimate of drug-likeness (QED) is 0.772. The lowest BCUT2D eigenvalue weighted by Gasteiger charge is -2.22. The SMILES string of the molecule is Cc1ccc(NC(=S)N(C)Cc2ccc(C(C)C)cc2)c(C)c1. The topological polar surface area (TPSA) is 15.3 Å². The van der Waals surface area contributed by atoms with Gasteiger partial charge in [0.1, 0.15) is 0 Å². The van der Waals surface area contributed by atoms with E-state index in [1.54, 1.807) is 0 Å². The van der Waals surface area contributed by atoms with Crippen LogP contribution >= 0.6 is 12.2 Å². The van der Waals surface area contributed by atoms with Crippen LogP contribution in [0.2, 0.25) is 0 Å². The number of benzene rings is 2. The van der Waals surface area contributed by atoms with Gasteiger partial charge in [0.2, 0.25) is 0 Å². The van der Waals surface area contributed by atoms with Gasteiger partial charge in [0.25, 0.3) is 0 Å². The van der Waals surface area contributed by atoms with Gasteiger partial charge in [0, 0.05) is 19.3 Å². The van der Waals surface area contributed by atoms with E-state index >= 15 is 0 Å². The van der Waals surface area contributed by atoms with E-state index in [1.165, 1.54) is 22.3 Å². The van der Waals surface area contributed by atoms with Gasteiger partial charge in [-0.05, 0) is 54.7 Å². The number of anilines is 1. The Morgan fingerprint density at radius 2 is 1.74 bits per heavy atom. The zero-order valence-corrected chi connectivity index (χ0v) is 15.5. The molecule has 0 bridgehead atoms. The van der Waals surface area contributed by atoms with E-state index in [0.29, 0.717) is 5.92 Å². The van der Waals surface area contributed by atoms with E-state index in [0.717, 1.165) is 17.3 Å². The molecule has 0 heterocycles. The van der Waals surface area contributed by atoms with Crippen molar-refractivity contribution in [2.45, 2.75) is 40.2 Å². The molecule has 0 amide bonds. The molecule has 2 rings (SSSR count). The number of rotatable bonds is 4. The minimum atomic E-state index is 0.564. The van der Waals surface area contributed by atoms with E-state index in [9.17, 15) is 0 Å². The normalized spacial score (nSPS) is 10.7. The van der Waals surface area contributed by atoms with Crippen LogP contribution in [-0.4, -0.2) is 17.1 Å². The van der Waals surface area contributed by atoms with Crippen LogP contribution < -0.4 is 5.32 Å². The Balaban J connectivity index is 1.99. The molecule has 0 saturated heterocycles. The van der Waals surface area contributed by atoms with E-state index in [4.69, 9.17) is 12.2 Å². The van der Waals surface area contributed by atoms with Gasteiger partial charge in [-0.1, -0.05) is 55.8 Å². The van der Waals surface area contributed by atoms with Crippen LogP contribution in [0.1, 0.15) is 42.0 Å². The van der Waals surface area contributed by atoms with Gasteiger partial charge in [-0.15, -0.1) is 0 Å². The molecule has 122 valence electrons. The molecule has 0 saturated carbocycles. The summed E-state index contributed by atoms with van der Waals surface area (Å²) in [6, 6.07) is 15.1. The largest absolute Gasteiger partial charge is 0.348 e. The highest BCUT2D eigenvalue weighted by atomic mass is 32.1. The highest BCUT2D eigenvalue weighted by Crippen LogP contribution is 2.18. The smallest absolute Gasteiger partial charge is 0.173 e. The summed E-state index contributed by atoms with van der Waals surface area (Å²) in [5, 5.41) is 4.09. The molecule has 0 aromatic heterocycles. The third kappa shape index (κ3) is 4.80. The van der Waals surface area contributed by atoms with Crippen molar-refractivity contribution < 1.29 is 0 Å². The molecule has 0 aliphatic heterocycles. The number of hydrogen-bond donors (Lipinski definition) is 1. The van der Waals surface area contributed by atoms with Crippen molar-refractivity contribution in [2.24, 2.45) is 0 Å². The van der Waals surface area contributed by atoms with Crippen molar-refractivity contribution in [3.05, 3.63) is 64.7 Å². The van der Waals surface area contributed by atoms with E-state index in [2.05, 4.69) is 80.4 Å². The van der Waals surface area contributed by atoms with Crippen molar-refractivity contribution in [3.63, 3.8) is 0 Å². The first-order valence-electron chi connectivity index (χ1n) is 8.05. The molecule has 0 atom stereocenters. The third-order valence-electron chi connectivity index (χ3n) is 4.04. The van der Waals surface area contributed by atoms with Gasteiger partial charge >= 0.3 is 0 Å². The average molecular weight is 327 g/mol. The molecule has 3 heteroatoms. The first-order valence-corrected chi connectivity index (χ1v) is 8.46. The zero-order valence-electron chi connectivity index (χ0n) is 14.7. The summed E-state index contributed by atoms with van der Waals surface area (Å²) in [5.74, 6) is 0.564. The van der Waals surface area contributed by atoms with Crippen molar-refractivity contribution in [2.75, 3.05) is 12.4 Å². The maximum atomic E-state index is 5.53. The monoisotopic (exact) mass is 326 g/mol. The molecule has 0 aliphatic carbocycles. The van der Waals surface area contributed by atoms with Gasteiger partial charge in [-0.3, -0.25) is 0 Å². The summed E-state index contributed by atoms with van der Waals surface area (Å²) >= 11 is 5.53. The molecule has 0 radical (unpaired) electrons. The Labute approximate surface area is 145 Å². The van der Waals surface area contributed by atoms with Gasteiger partial charge in [0.15, 0.2) is 5.11 Å². The van der Waals surface area contributed by atoms with Crippen LogP contribution in [0.5, 0.6) is 0 Å². The lowest BCUT2D eigenvalue weighted by molar-refractivity contribution is 0.508. The van der Waals surface area contributed by atoms with Crippen LogP contribution in [0.25, 0.3) is 0 Å². The fourth-order valence-electron chi connectivity index (χ4n) is 2.52. The fourth-order valence-corrected chi connectivity index (χ4v) is 2.69. The second-order valence-corrected chi connectivity index (χ2v) is 6.89. The molecular formula is C20H26N2S. The highest BCUT2D eigenvalue weighted by Gasteiger charge is 2.08. The van der Waals surface area contributed by atoms with Crippen LogP contribution in [0.4, 0.5) is 5.69 Å². The molecule has 0 spiro atoms. The predicted octanol–water partition coefficient (Wildman–Crippen LogP) is 5.26. The van der Waals surface area contributed by atoms with Gasteiger partial charge in [0.05, 0.1) is 0 Å². The molecular weight excluding hydrogens is 300 g/mol. The van der Waals surface area contributed by atoms with E-state index in [1.807, 2.05) is 7.05 Å². The summed E-state index contributed by atoms with van der Waals surface area (Å²) in [6.07, 6.45) is 0. The first kappa shape index (κ1) is 17.5. The van der Waals surface area contributed by atoms with Gasteiger partial charge in [-0.25, -0.2) is 0 Å². The second-order valence-electron chi connectivity index (χ2n) is 6.50. The minimum Gasteiger partial charge on any atom is -0.348 e. The standard InChI is InChI=1S/C20H26N2S/c1-14(2)18-9-7-17(8-10-18)13-22(5)20(23)21-19-11-6-15(3)12-16(19)4/h6-12,14H,13H2,1-5H3,(H,21,23). The maximum absolute atomic E-state index is 5.53.